The maximum absolute atomic E-state index is 12.0. The van der Waals surface area contributed by atoms with Crippen LogP contribution >= 0.6 is 0 Å². The molecule has 8 heteroatoms. The number of carbonyl (C=O) groups excluding carboxylic acids is 1. The van der Waals surface area contributed by atoms with Gasteiger partial charge in [-0.3, -0.25) is 15.4 Å². The predicted octanol–water partition coefficient (Wildman–Crippen LogP) is 3.60. The molecule has 0 spiro atoms. The van der Waals surface area contributed by atoms with Gasteiger partial charge in [0.05, 0.1) is 16.3 Å². The van der Waals surface area contributed by atoms with Gasteiger partial charge in [-0.2, -0.15) is 0 Å². The van der Waals surface area contributed by atoms with E-state index >= 15 is 0 Å². The molecule has 0 atom stereocenters. The van der Waals surface area contributed by atoms with Gasteiger partial charge in [0.2, 0.25) is 0 Å². The minimum Gasteiger partial charge on any atom is -0.444 e. The summed E-state index contributed by atoms with van der Waals surface area (Å²) in [4.78, 5) is 30.6. The van der Waals surface area contributed by atoms with Gasteiger partial charge in [-0.05, 0) is 42.8 Å². The van der Waals surface area contributed by atoms with Crippen molar-refractivity contribution in [3.63, 3.8) is 0 Å². The molecule has 0 radical (unpaired) electrons. The number of fused-ring (bicyclic) bond motifs is 1. The number of pyridine rings is 2. The molecule has 2 aromatic heterocycles. The van der Waals surface area contributed by atoms with E-state index in [1.54, 1.807) is 37.4 Å². The number of hydrogen-bond donors (Lipinski definition) is 1. The van der Waals surface area contributed by atoms with E-state index in [1.807, 2.05) is 6.07 Å². The number of amides is 1. The second-order valence-electron chi connectivity index (χ2n) is 5.30. The summed E-state index contributed by atoms with van der Waals surface area (Å²) in [6.45, 7) is 1.77. The largest absolute Gasteiger partial charge is 0.444 e. The topological polar surface area (TPSA) is 107 Å². The molecule has 0 bridgehead atoms. The molecule has 0 saturated heterocycles. The number of nitro benzene ring substituents is 1. The molecule has 25 heavy (non-hydrogen) atoms. The van der Waals surface area contributed by atoms with Crippen LogP contribution in [-0.2, 0) is 11.3 Å². The lowest BCUT2D eigenvalue weighted by atomic mass is 10.2. The SMILES string of the molecule is Cc1nc2ncccc2cc1NC(=O)OCc1ccc([N+](=O)[O-])cc1. The number of nitro groups is 1. The molecule has 0 aliphatic rings. The standard InChI is InChI=1S/C17H14N4O4/c1-11-15(9-13-3-2-8-18-16(13)19-11)20-17(22)25-10-12-4-6-14(7-5-12)21(23)24/h2-9H,10H2,1H3,(H,20,22). The smallest absolute Gasteiger partial charge is 0.412 e. The predicted molar refractivity (Wildman–Crippen MR) is 91.2 cm³/mol. The Morgan fingerprint density at radius 1 is 1.28 bits per heavy atom. The Hall–Kier alpha value is -3.55. The Bertz CT molecular complexity index is 941. The van der Waals surface area contributed by atoms with Gasteiger partial charge in [-0.1, -0.05) is 0 Å². The van der Waals surface area contributed by atoms with Crippen molar-refractivity contribution < 1.29 is 14.5 Å². The summed E-state index contributed by atoms with van der Waals surface area (Å²) < 4.78 is 5.14. The number of ether oxygens (including phenoxy) is 1. The highest BCUT2D eigenvalue weighted by atomic mass is 16.6. The van der Waals surface area contributed by atoms with Crippen LogP contribution in [0.15, 0.2) is 48.7 Å². The first kappa shape index (κ1) is 16.3. The molecule has 1 aromatic carbocycles. The van der Waals surface area contributed by atoms with Gasteiger partial charge in [0.15, 0.2) is 5.65 Å². The summed E-state index contributed by atoms with van der Waals surface area (Å²) in [6.07, 6.45) is 1.02. The van der Waals surface area contributed by atoms with E-state index in [4.69, 9.17) is 4.74 Å². The Labute approximate surface area is 142 Å². The molecule has 0 fully saturated rings. The van der Waals surface area contributed by atoms with Crippen LogP contribution in [0.3, 0.4) is 0 Å². The average molecular weight is 338 g/mol. The molecule has 0 aliphatic carbocycles. The van der Waals surface area contributed by atoms with Gasteiger partial charge in [0, 0.05) is 23.7 Å². The Balaban J connectivity index is 1.64. The minimum absolute atomic E-state index is 0.00540. The number of aryl methyl sites for hydroxylation is 1. The second kappa shape index (κ2) is 6.91. The van der Waals surface area contributed by atoms with Crippen LogP contribution in [0.1, 0.15) is 11.3 Å². The number of benzene rings is 1. The van der Waals surface area contributed by atoms with Gasteiger partial charge in [0.25, 0.3) is 5.69 Å². The molecule has 3 aromatic rings. The molecular weight excluding hydrogens is 324 g/mol. The summed E-state index contributed by atoms with van der Waals surface area (Å²) in [6, 6.07) is 11.2. The van der Waals surface area contributed by atoms with E-state index in [1.165, 1.54) is 12.1 Å². The third-order valence-corrected chi connectivity index (χ3v) is 3.53. The fourth-order valence-corrected chi connectivity index (χ4v) is 2.23. The van der Waals surface area contributed by atoms with Crippen LogP contribution in [0.4, 0.5) is 16.2 Å². The van der Waals surface area contributed by atoms with Gasteiger partial charge in [-0.15, -0.1) is 0 Å². The van der Waals surface area contributed by atoms with Crippen LogP contribution in [-0.4, -0.2) is 21.0 Å². The summed E-state index contributed by atoms with van der Waals surface area (Å²) in [5.41, 5.74) is 2.40. The van der Waals surface area contributed by atoms with Crippen molar-refractivity contribution >= 4 is 28.5 Å². The van der Waals surface area contributed by atoms with Crippen LogP contribution in [0, 0.1) is 17.0 Å². The van der Waals surface area contributed by atoms with Crippen molar-refractivity contribution in [1.82, 2.24) is 9.97 Å². The summed E-state index contributed by atoms with van der Waals surface area (Å²) in [7, 11) is 0. The average Bonchev–Trinajstić information content (AvgIpc) is 2.61. The Morgan fingerprint density at radius 2 is 2.04 bits per heavy atom. The van der Waals surface area contributed by atoms with Crippen molar-refractivity contribution in [3.05, 3.63) is 70.0 Å². The minimum atomic E-state index is -0.633. The number of non-ortho nitro benzene ring substituents is 1. The number of aromatic nitrogens is 2. The molecule has 0 saturated carbocycles. The van der Waals surface area contributed by atoms with Gasteiger partial charge in [-0.25, -0.2) is 14.8 Å². The number of anilines is 1. The van der Waals surface area contributed by atoms with E-state index in [9.17, 15) is 14.9 Å². The maximum Gasteiger partial charge on any atom is 0.412 e. The van der Waals surface area contributed by atoms with Gasteiger partial charge >= 0.3 is 6.09 Å². The Morgan fingerprint density at radius 3 is 2.76 bits per heavy atom. The number of rotatable bonds is 4. The summed E-state index contributed by atoms with van der Waals surface area (Å²) in [5, 5.41) is 14.1. The molecule has 8 nitrogen and oxygen atoms in total. The van der Waals surface area contributed by atoms with Crippen LogP contribution < -0.4 is 5.32 Å². The van der Waals surface area contributed by atoms with Crippen molar-refractivity contribution in [2.24, 2.45) is 0 Å². The lowest BCUT2D eigenvalue weighted by Gasteiger charge is -2.10. The molecule has 3 rings (SSSR count). The first-order valence-electron chi connectivity index (χ1n) is 7.42. The van der Waals surface area contributed by atoms with E-state index < -0.39 is 11.0 Å². The van der Waals surface area contributed by atoms with Gasteiger partial charge < -0.3 is 4.74 Å². The lowest BCUT2D eigenvalue weighted by Crippen LogP contribution is -2.14. The first-order valence-corrected chi connectivity index (χ1v) is 7.42. The fourth-order valence-electron chi connectivity index (χ4n) is 2.23. The molecule has 2 heterocycles. The van der Waals surface area contributed by atoms with Crippen molar-refractivity contribution in [2.45, 2.75) is 13.5 Å². The Kier molecular flexibility index (Phi) is 4.51. The van der Waals surface area contributed by atoms with Crippen LogP contribution in [0.2, 0.25) is 0 Å². The van der Waals surface area contributed by atoms with Crippen molar-refractivity contribution in [1.29, 1.82) is 0 Å². The zero-order valence-corrected chi connectivity index (χ0v) is 13.3. The van der Waals surface area contributed by atoms with E-state index in [0.29, 0.717) is 22.6 Å². The zero-order valence-electron chi connectivity index (χ0n) is 13.3. The molecule has 1 N–H and O–H groups in total. The van der Waals surface area contributed by atoms with E-state index in [-0.39, 0.29) is 12.3 Å². The maximum atomic E-state index is 12.0. The van der Waals surface area contributed by atoms with Gasteiger partial charge in [0.1, 0.15) is 6.61 Å². The van der Waals surface area contributed by atoms with E-state index in [0.717, 1.165) is 5.39 Å². The third-order valence-electron chi connectivity index (χ3n) is 3.53. The number of hydrogen-bond acceptors (Lipinski definition) is 6. The molecule has 1 amide bonds. The summed E-state index contributed by atoms with van der Waals surface area (Å²) in [5.74, 6) is 0. The number of carbonyl (C=O) groups is 1. The third kappa shape index (κ3) is 3.86. The highest BCUT2D eigenvalue weighted by Gasteiger charge is 2.10. The lowest BCUT2D eigenvalue weighted by molar-refractivity contribution is -0.384. The van der Waals surface area contributed by atoms with Crippen LogP contribution in [0.5, 0.6) is 0 Å². The molecule has 0 aliphatic heterocycles. The summed E-state index contributed by atoms with van der Waals surface area (Å²) >= 11 is 0. The highest BCUT2D eigenvalue weighted by molar-refractivity contribution is 5.89. The molecular formula is C17H14N4O4. The molecule has 126 valence electrons. The van der Waals surface area contributed by atoms with E-state index in [2.05, 4.69) is 15.3 Å². The number of nitrogens with zero attached hydrogens (tertiary/aromatic N) is 3. The number of nitrogens with one attached hydrogen (secondary N) is 1. The second-order valence-corrected chi connectivity index (χ2v) is 5.30. The fraction of sp³-hybridized carbons (Fsp3) is 0.118. The normalized spacial score (nSPS) is 10.4. The van der Waals surface area contributed by atoms with Crippen molar-refractivity contribution in [2.75, 3.05) is 5.32 Å². The molecule has 0 unspecified atom stereocenters. The van der Waals surface area contributed by atoms with Crippen molar-refractivity contribution in [3.8, 4) is 0 Å². The quantitative estimate of drug-likeness (QED) is 0.575. The highest BCUT2D eigenvalue weighted by Crippen LogP contribution is 2.19. The zero-order chi connectivity index (χ0) is 17.8. The van der Waals surface area contributed by atoms with Crippen LogP contribution in [0.25, 0.3) is 11.0 Å². The monoisotopic (exact) mass is 338 g/mol. The first-order chi connectivity index (χ1) is 12.0.